The van der Waals surface area contributed by atoms with E-state index in [0.717, 1.165) is 0 Å². The van der Waals surface area contributed by atoms with Crippen molar-refractivity contribution in [2.75, 3.05) is 0 Å². The normalized spacial score (nSPS) is 12.5. The molecule has 1 atom stereocenters. The summed E-state index contributed by atoms with van der Waals surface area (Å²) in [5.41, 5.74) is 1.00. The summed E-state index contributed by atoms with van der Waals surface area (Å²) >= 11 is 0. The number of halogens is 1. The number of fused-ring (bicyclic) bond motifs is 1. The smallest absolute Gasteiger partial charge is 0.261 e. The molecule has 112 valence electrons. The number of nitrogens with zero attached hydrogens (tertiary/aromatic N) is 2. The van der Waals surface area contributed by atoms with Gasteiger partial charge in [-0.2, -0.15) is 0 Å². The van der Waals surface area contributed by atoms with Gasteiger partial charge in [0.1, 0.15) is 11.6 Å². The number of para-hydroxylation sites is 1. The van der Waals surface area contributed by atoms with Crippen LogP contribution in [0.25, 0.3) is 10.9 Å². The van der Waals surface area contributed by atoms with Crippen molar-refractivity contribution in [2.24, 2.45) is 0 Å². The molecule has 0 saturated carbocycles. The Balaban J connectivity index is 2.00. The lowest BCUT2D eigenvalue weighted by atomic mass is 10.1. The summed E-state index contributed by atoms with van der Waals surface area (Å²) in [7, 11) is 0. The number of aryl methyl sites for hydroxylation is 1. The number of rotatable bonds is 3. The maximum absolute atomic E-state index is 12.9. The largest absolute Gasteiger partial charge is 0.387 e. The Labute approximate surface area is 126 Å². The van der Waals surface area contributed by atoms with Crippen LogP contribution in [-0.4, -0.2) is 14.7 Å². The van der Waals surface area contributed by atoms with Gasteiger partial charge in [-0.1, -0.05) is 24.3 Å². The summed E-state index contributed by atoms with van der Waals surface area (Å²) in [6.45, 7) is 1.80. The molecule has 0 aliphatic heterocycles. The second-order valence-electron chi connectivity index (χ2n) is 5.16. The van der Waals surface area contributed by atoms with Gasteiger partial charge in [0.2, 0.25) is 0 Å². The van der Waals surface area contributed by atoms with Gasteiger partial charge in [-0.05, 0) is 36.8 Å². The molecule has 5 heteroatoms. The van der Waals surface area contributed by atoms with E-state index in [2.05, 4.69) is 4.98 Å². The van der Waals surface area contributed by atoms with Crippen LogP contribution in [0.4, 0.5) is 4.39 Å². The molecule has 22 heavy (non-hydrogen) atoms. The first-order valence-electron chi connectivity index (χ1n) is 6.96. The molecule has 0 fully saturated rings. The van der Waals surface area contributed by atoms with E-state index < -0.39 is 6.10 Å². The van der Waals surface area contributed by atoms with Crippen LogP contribution in [0.3, 0.4) is 0 Å². The molecule has 0 amide bonds. The highest BCUT2D eigenvalue weighted by atomic mass is 19.1. The lowest BCUT2D eigenvalue weighted by Gasteiger charge is -2.15. The van der Waals surface area contributed by atoms with E-state index in [-0.39, 0.29) is 17.9 Å². The van der Waals surface area contributed by atoms with Gasteiger partial charge in [0.15, 0.2) is 0 Å². The van der Waals surface area contributed by atoms with E-state index in [4.69, 9.17) is 0 Å². The van der Waals surface area contributed by atoms with Gasteiger partial charge in [0, 0.05) is 0 Å². The second-order valence-corrected chi connectivity index (χ2v) is 5.16. The molecule has 0 saturated heterocycles. The number of hydrogen-bond acceptors (Lipinski definition) is 3. The van der Waals surface area contributed by atoms with Crippen LogP contribution in [0.5, 0.6) is 0 Å². The number of benzene rings is 2. The minimum Gasteiger partial charge on any atom is -0.387 e. The van der Waals surface area contributed by atoms with Gasteiger partial charge >= 0.3 is 0 Å². The standard InChI is InChI=1S/C17H15FN2O2/c1-11-19-15-5-3-2-4-14(15)17(22)20(11)10-16(21)12-6-8-13(18)9-7-12/h2-9,16,21H,10H2,1H3/t16-/m1/s1. The molecule has 0 bridgehead atoms. The van der Waals surface area contributed by atoms with Crippen molar-refractivity contribution in [3.8, 4) is 0 Å². The minimum atomic E-state index is -0.903. The van der Waals surface area contributed by atoms with Crippen LogP contribution in [0.1, 0.15) is 17.5 Å². The van der Waals surface area contributed by atoms with E-state index in [9.17, 15) is 14.3 Å². The maximum atomic E-state index is 12.9. The van der Waals surface area contributed by atoms with Crippen molar-refractivity contribution in [1.82, 2.24) is 9.55 Å². The molecule has 0 aliphatic carbocycles. The van der Waals surface area contributed by atoms with Crippen molar-refractivity contribution in [3.63, 3.8) is 0 Å². The first kappa shape index (κ1) is 14.4. The van der Waals surface area contributed by atoms with Crippen LogP contribution in [0.15, 0.2) is 53.3 Å². The molecule has 1 heterocycles. The van der Waals surface area contributed by atoms with E-state index in [1.165, 1.54) is 28.8 Å². The van der Waals surface area contributed by atoms with Crippen LogP contribution < -0.4 is 5.56 Å². The lowest BCUT2D eigenvalue weighted by Crippen LogP contribution is -2.26. The average Bonchev–Trinajstić information content (AvgIpc) is 2.52. The summed E-state index contributed by atoms with van der Waals surface area (Å²) in [6.07, 6.45) is -0.903. The third-order valence-corrected chi connectivity index (χ3v) is 3.66. The van der Waals surface area contributed by atoms with Crippen LogP contribution in [0, 0.1) is 12.7 Å². The third kappa shape index (κ3) is 2.63. The maximum Gasteiger partial charge on any atom is 0.261 e. The summed E-state index contributed by atoms with van der Waals surface area (Å²) in [5, 5.41) is 10.8. The summed E-state index contributed by atoms with van der Waals surface area (Å²) in [6, 6.07) is 12.7. The second kappa shape index (κ2) is 5.69. The number of aromatic nitrogens is 2. The van der Waals surface area contributed by atoms with Gasteiger partial charge in [0.05, 0.1) is 23.6 Å². The molecule has 2 aromatic carbocycles. The first-order valence-corrected chi connectivity index (χ1v) is 6.96. The topological polar surface area (TPSA) is 55.1 Å². The Kier molecular flexibility index (Phi) is 3.73. The van der Waals surface area contributed by atoms with E-state index in [1.54, 1.807) is 25.1 Å². The molecule has 0 unspecified atom stereocenters. The van der Waals surface area contributed by atoms with Crippen molar-refractivity contribution >= 4 is 10.9 Å². The Morgan fingerprint density at radius 2 is 1.86 bits per heavy atom. The number of aliphatic hydroxyl groups excluding tert-OH is 1. The van der Waals surface area contributed by atoms with Crippen molar-refractivity contribution < 1.29 is 9.50 Å². The lowest BCUT2D eigenvalue weighted by molar-refractivity contribution is 0.154. The summed E-state index contributed by atoms with van der Waals surface area (Å²) < 4.78 is 14.4. The molecule has 1 aromatic heterocycles. The van der Waals surface area contributed by atoms with Gasteiger partial charge in [0.25, 0.3) is 5.56 Å². The molecular formula is C17H15FN2O2. The Bertz CT molecular complexity index is 872. The Morgan fingerprint density at radius 1 is 1.18 bits per heavy atom. The van der Waals surface area contributed by atoms with Crippen LogP contribution >= 0.6 is 0 Å². The zero-order valence-electron chi connectivity index (χ0n) is 12.0. The number of hydrogen-bond donors (Lipinski definition) is 1. The Hall–Kier alpha value is -2.53. The van der Waals surface area contributed by atoms with E-state index >= 15 is 0 Å². The fraction of sp³-hybridized carbons (Fsp3) is 0.176. The highest BCUT2D eigenvalue weighted by molar-refractivity contribution is 5.77. The molecule has 3 rings (SSSR count). The van der Waals surface area contributed by atoms with E-state index in [0.29, 0.717) is 22.3 Å². The molecule has 1 N–H and O–H groups in total. The minimum absolute atomic E-state index is 0.0775. The SMILES string of the molecule is Cc1nc2ccccc2c(=O)n1C[C@@H](O)c1ccc(F)cc1. The van der Waals surface area contributed by atoms with Gasteiger partial charge in [-0.3, -0.25) is 9.36 Å². The van der Waals surface area contributed by atoms with Gasteiger partial charge in [-0.25, -0.2) is 9.37 Å². The monoisotopic (exact) mass is 298 g/mol. The zero-order valence-corrected chi connectivity index (χ0v) is 12.0. The average molecular weight is 298 g/mol. The fourth-order valence-electron chi connectivity index (χ4n) is 2.46. The fourth-order valence-corrected chi connectivity index (χ4v) is 2.46. The molecule has 0 aliphatic rings. The van der Waals surface area contributed by atoms with Crippen LogP contribution in [0.2, 0.25) is 0 Å². The molecule has 3 aromatic rings. The molecular weight excluding hydrogens is 283 g/mol. The summed E-state index contributed by atoms with van der Waals surface area (Å²) in [5.74, 6) is 0.168. The Morgan fingerprint density at radius 3 is 2.59 bits per heavy atom. The quantitative estimate of drug-likeness (QED) is 0.808. The molecule has 0 spiro atoms. The highest BCUT2D eigenvalue weighted by Gasteiger charge is 2.13. The predicted molar refractivity (Wildman–Crippen MR) is 82.1 cm³/mol. The summed E-state index contributed by atoms with van der Waals surface area (Å²) in [4.78, 5) is 16.9. The predicted octanol–water partition coefficient (Wildman–Crippen LogP) is 2.58. The molecule has 4 nitrogen and oxygen atoms in total. The van der Waals surface area contributed by atoms with Crippen molar-refractivity contribution in [3.05, 3.63) is 76.1 Å². The molecule has 0 radical (unpaired) electrons. The zero-order chi connectivity index (χ0) is 15.7. The first-order chi connectivity index (χ1) is 10.6. The highest BCUT2D eigenvalue weighted by Crippen LogP contribution is 2.16. The van der Waals surface area contributed by atoms with Gasteiger partial charge < -0.3 is 5.11 Å². The number of aliphatic hydroxyl groups is 1. The van der Waals surface area contributed by atoms with Crippen molar-refractivity contribution in [1.29, 1.82) is 0 Å². The van der Waals surface area contributed by atoms with Gasteiger partial charge in [-0.15, -0.1) is 0 Å². The van der Waals surface area contributed by atoms with E-state index in [1.807, 2.05) is 6.07 Å². The van der Waals surface area contributed by atoms with Crippen molar-refractivity contribution in [2.45, 2.75) is 19.6 Å². The third-order valence-electron chi connectivity index (χ3n) is 3.66. The van der Waals surface area contributed by atoms with Crippen LogP contribution in [-0.2, 0) is 6.54 Å².